The molecule has 250 valence electrons. The van der Waals surface area contributed by atoms with Gasteiger partial charge in [0.2, 0.25) is 0 Å². The quantitative estimate of drug-likeness (QED) is 0.133. The van der Waals surface area contributed by atoms with E-state index in [4.69, 9.17) is 4.74 Å². The summed E-state index contributed by atoms with van der Waals surface area (Å²) in [6.07, 6.45) is 30.8. The van der Waals surface area contributed by atoms with Gasteiger partial charge in [-0.2, -0.15) is 0 Å². The largest absolute Gasteiger partial charge is 0.463 e. The molecule has 3 atom stereocenters. The molecular formula is C42H58O4. The standard InChI is InChI=1S/C42H58O4/c1-30(18-14-20-32(3)22-24-38-34(5)26-36(44)27-40(38,7)8)16-12-13-17-31(2)19-15-21-33(4)23-25-39(45)42(11)29-37(46-35(6)43)28-41(42,9)10/h12-25,36-37,44H,26-29H2,1-11H3/b13-12+,18-14+,19-15+,24-22+,25-23+,30-16+,31-17+,32-20+,33-21+/t36-,37+,42+/m1/s1. The number of hydrogen-bond donors (Lipinski definition) is 1. The maximum absolute atomic E-state index is 13.2. The van der Waals surface area contributed by atoms with Crippen LogP contribution in [0.5, 0.6) is 0 Å². The zero-order valence-corrected chi connectivity index (χ0v) is 30.2. The molecular weight excluding hydrogens is 568 g/mol. The van der Waals surface area contributed by atoms with Gasteiger partial charge < -0.3 is 9.84 Å². The first-order valence-corrected chi connectivity index (χ1v) is 16.5. The first-order valence-electron chi connectivity index (χ1n) is 16.5. The average Bonchev–Trinajstić information content (AvgIpc) is 3.15. The minimum Gasteiger partial charge on any atom is -0.463 e. The molecule has 2 rings (SSSR count). The van der Waals surface area contributed by atoms with Gasteiger partial charge in [0.1, 0.15) is 6.10 Å². The van der Waals surface area contributed by atoms with E-state index in [1.807, 2.05) is 50.3 Å². The lowest BCUT2D eigenvalue weighted by atomic mass is 9.66. The second kappa shape index (κ2) is 16.9. The van der Waals surface area contributed by atoms with E-state index in [1.165, 1.54) is 23.6 Å². The number of aliphatic hydroxyl groups is 1. The second-order valence-electron chi connectivity index (χ2n) is 14.8. The van der Waals surface area contributed by atoms with E-state index in [1.54, 1.807) is 6.08 Å². The van der Waals surface area contributed by atoms with E-state index in [0.717, 1.165) is 29.6 Å². The highest BCUT2D eigenvalue weighted by Crippen LogP contribution is 2.54. The molecule has 0 heterocycles. The fourth-order valence-corrected chi connectivity index (χ4v) is 6.48. The van der Waals surface area contributed by atoms with Gasteiger partial charge in [0.05, 0.1) is 6.10 Å². The van der Waals surface area contributed by atoms with E-state index in [9.17, 15) is 14.7 Å². The lowest BCUT2D eigenvalue weighted by Gasteiger charge is -2.35. The summed E-state index contributed by atoms with van der Waals surface area (Å²) in [6, 6.07) is 0. The number of rotatable bonds is 12. The van der Waals surface area contributed by atoms with Gasteiger partial charge in [-0.1, -0.05) is 141 Å². The van der Waals surface area contributed by atoms with Crippen molar-refractivity contribution in [3.05, 3.63) is 119 Å². The number of ether oxygens (including phenoxy) is 1. The Morgan fingerprint density at radius 3 is 1.72 bits per heavy atom. The Bertz CT molecular complexity index is 1430. The first-order chi connectivity index (χ1) is 21.4. The monoisotopic (exact) mass is 626 g/mol. The van der Waals surface area contributed by atoms with Crippen molar-refractivity contribution >= 4 is 11.8 Å². The molecule has 0 spiro atoms. The van der Waals surface area contributed by atoms with Crippen LogP contribution in [0.25, 0.3) is 0 Å². The predicted molar refractivity (Wildman–Crippen MR) is 194 cm³/mol. The van der Waals surface area contributed by atoms with Gasteiger partial charge in [-0.05, 0) is 82.8 Å². The minimum atomic E-state index is -0.573. The zero-order valence-electron chi connectivity index (χ0n) is 30.2. The molecule has 1 fully saturated rings. The van der Waals surface area contributed by atoms with Crippen LogP contribution < -0.4 is 0 Å². The molecule has 4 nitrogen and oxygen atoms in total. The van der Waals surface area contributed by atoms with Gasteiger partial charge in [0, 0.05) is 12.3 Å². The molecule has 0 aromatic rings. The highest BCUT2D eigenvalue weighted by molar-refractivity contribution is 5.96. The summed E-state index contributed by atoms with van der Waals surface area (Å²) in [5.74, 6) is -0.225. The molecule has 2 aliphatic carbocycles. The van der Waals surface area contributed by atoms with Crippen LogP contribution in [-0.2, 0) is 14.3 Å². The molecule has 0 aliphatic heterocycles. The van der Waals surface area contributed by atoms with Crippen molar-refractivity contribution in [3.8, 4) is 0 Å². The Morgan fingerprint density at radius 2 is 1.20 bits per heavy atom. The molecule has 0 amide bonds. The number of carbonyl (C=O) groups is 2. The maximum Gasteiger partial charge on any atom is 0.302 e. The molecule has 0 bridgehead atoms. The summed E-state index contributed by atoms with van der Waals surface area (Å²) >= 11 is 0. The smallest absolute Gasteiger partial charge is 0.302 e. The molecule has 0 saturated heterocycles. The van der Waals surface area contributed by atoms with Crippen LogP contribution in [0.15, 0.2) is 119 Å². The maximum atomic E-state index is 13.2. The minimum absolute atomic E-state index is 0.0108. The first kappa shape index (κ1) is 38.7. The molecule has 1 N–H and O–H groups in total. The SMILES string of the molecule is CC(=O)O[C@H]1CC(C)(C)[C@](C)(C(=O)/C=C/C(C)=C/C=C/C(C)=C/C=C/C=C(C)/C=C/C=C(C)/C=C/C2=C(C)C[C@@H](O)CC2(C)C)C1. The lowest BCUT2D eigenvalue weighted by Crippen LogP contribution is -2.36. The van der Waals surface area contributed by atoms with Gasteiger partial charge in [-0.15, -0.1) is 0 Å². The predicted octanol–water partition coefficient (Wildman–Crippen LogP) is 10.4. The van der Waals surface area contributed by atoms with E-state index in [0.29, 0.717) is 12.8 Å². The number of hydrogen-bond acceptors (Lipinski definition) is 4. The number of carbonyl (C=O) groups excluding carboxylic acids is 2. The summed E-state index contributed by atoms with van der Waals surface area (Å²) in [5.41, 5.74) is 6.21. The highest BCUT2D eigenvalue weighted by atomic mass is 16.5. The van der Waals surface area contributed by atoms with E-state index in [-0.39, 0.29) is 34.8 Å². The summed E-state index contributed by atoms with van der Waals surface area (Å²) in [4.78, 5) is 24.6. The van der Waals surface area contributed by atoms with Crippen LogP contribution in [0.3, 0.4) is 0 Å². The summed E-state index contributed by atoms with van der Waals surface area (Å²) in [7, 11) is 0. The van der Waals surface area contributed by atoms with Gasteiger partial charge in [-0.3, -0.25) is 9.59 Å². The molecule has 46 heavy (non-hydrogen) atoms. The van der Waals surface area contributed by atoms with Crippen LogP contribution in [0.1, 0.15) is 102 Å². The van der Waals surface area contributed by atoms with E-state index >= 15 is 0 Å². The summed E-state index contributed by atoms with van der Waals surface area (Å²) in [6.45, 7) is 22.3. The van der Waals surface area contributed by atoms with Crippen LogP contribution >= 0.6 is 0 Å². The van der Waals surface area contributed by atoms with Crippen LogP contribution in [0.2, 0.25) is 0 Å². The number of esters is 1. The molecule has 4 heteroatoms. The fourth-order valence-electron chi connectivity index (χ4n) is 6.48. The Balaban J connectivity index is 1.90. The van der Waals surface area contributed by atoms with Crippen molar-refractivity contribution in [3.63, 3.8) is 0 Å². The molecule has 0 aromatic carbocycles. The van der Waals surface area contributed by atoms with Gasteiger partial charge in [-0.25, -0.2) is 0 Å². The molecule has 0 aromatic heterocycles. The van der Waals surface area contributed by atoms with Crippen LogP contribution in [0.4, 0.5) is 0 Å². The Morgan fingerprint density at radius 1 is 0.696 bits per heavy atom. The lowest BCUT2D eigenvalue weighted by molar-refractivity contribution is -0.146. The summed E-state index contributed by atoms with van der Waals surface area (Å²) in [5, 5.41) is 10.1. The van der Waals surface area contributed by atoms with Gasteiger partial charge in [0.15, 0.2) is 5.78 Å². The number of aliphatic hydroxyl groups excluding tert-OH is 1. The topological polar surface area (TPSA) is 63.6 Å². The Labute approximate surface area is 279 Å². The second-order valence-corrected chi connectivity index (χ2v) is 14.8. The third kappa shape index (κ3) is 11.7. The third-order valence-corrected chi connectivity index (χ3v) is 9.50. The van der Waals surface area contributed by atoms with E-state index in [2.05, 4.69) is 97.9 Å². The van der Waals surface area contributed by atoms with Gasteiger partial charge >= 0.3 is 5.97 Å². The van der Waals surface area contributed by atoms with E-state index < -0.39 is 5.41 Å². The highest BCUT2D eigenvalue weighted by Gasteiger charge is 2.54. The number of allylic oxidation sites excluding steroid dienone is 19. The zero-order chi connectivity index (χ0) is 34.7. The van der Waals surface area contributed by atoms with Crippen molar-refractivity contribution in [2.24, 2.45) is 16.2 Å². The fraction of sp³-hybridized carbons (Fsp3) is 0.476. The average molecular weight is 627 g/mol. The van der Waals surface area contributed by atoms with Crippen LogP contribution in [-0.4, -0.2) is 29.1 Å². The van der Waals surface area contributed by atoms with Crippen molar-refractivity contribution in [1.29, 1.82) is 0 Å². The molecule has 2 aliphatic rings. The van der Waals surface area contributed by atoms with Gasteiger partial charge in [0.25, 0.3) is 0 Å². The normalized spacial score (nSPS) is 26.5. The third-order valence-electron chi connectivity index (χ3n) is 9.50. The molecule has 0 radical (unpaired) electrons. The molecule has 1 saturated carbocycles. The summed E-state index contributed by atoms with van der Waals surface area (Å²) < 4.78 is 5.43. The van der Waals surface area contributed by atoms with Crippen molar-refractivity contribution < 1.29 is 19.4 Å². The number of ketones is 1. The Kier molecular flexibility index (Phi) is 14.2. The Hall–Kier alpha value is -3.50. The van der Waals surface area contributed by atoms with Crippen molar-refractivity contribution in [2.75, 3.05) is 0 Å². The molecule has 0 unspecified atom stereocenters. The van der Waals surface area contributed by atoms with Crippen LogP contribution in [0, 0.1) is 16.2 Å². The van der Waals surface area contributed by atoms with Crippen molar-refractivity contribution in [1.82, 2.24) is 0 Å². The van der Waals surface area contributed by atoms with Crippen molar-refractivity contribution in [2.45, 2.75) is 114 Å².